The Morgan fingerprint density at radius 3 is 1.56 bits per heavy atom. The molecule has 0 amide bonds. The molecular weight excluding hydrogens is 416 g/mol. The van der Waals surface area contributed by atoms with Crippen LogP contribution in [-0.4, -0.2) is 8.42 Å². The second-order valence-corrected chi connectivity index (χ2v) is 9.41. The highest BCUT2D eigenvalue weighted by Crippen LogP contribution is 2.34. The van der Waals surface area contributed by atoms with E-state index in [-0.39, 0.29) is 4.90 Å². The summed E-state index contributed by atoms with van der Waals surface area (Å²) in [6.45, 7) is 0. The van der Waals surface area contributed by atoms with Crippen LogP contribution in [0.25, 0.3) is 43.1 Å². The summed E-state index contributed by atoms with van der Waals surface area (Å²) in [5.41, 5.74) is 0. The van der Waals surface area contributed by atoms with E-state index in [9.17, 15) is 8.42 Å². The number of hydrogen-bond donors (Lipinski definition) is 0. The number of fused-ring (bicyclic) bond motifs is 4. The van der Waals surface area contributed by atoms with Gasteiger partial charge in [-0.15, -0.1) is 0 Å². The Morgan fingerprint density at radius 2 is 0.938 bits per heavy atom. The van der Waals surface area contributed by atoms with Gasteiger partial charge in [-0.25, -0.2) is 0 Å². The van der Waals surface area contributed by atoms with Gasteiger partial charge in [-0.1, -0.05) is 72.8 Å². The summed E-state index contributed by atoms with van der Waals surface area (Å²) in [6, 6.07) is 34.6. The molecule has 0 atom stereocenters. The van der Waals surface area contributed by atoms with E-state index < -0.39 is 10.1 Å². The minimum atomic E-state index is -4.05. The zero-order chi connectivity index (χ0) is 21.7. The maximum atomic E-state index is 13.4. The van der Waals surface area contributed by atoms with Gasteiger partial charge in [0, 0.05) is 10.8 Å². The third kappa shape index (κ3) is 3.08. The van der Waals surface area contributed by atoms with E-state index in [4.69, 9.17) is 4.18 Å². The third-order valence-electron chi connectivity index (χ3n) is 5.88. The lowest BCUT2D eigenvalue weighted by Crippen LogP contribution is -2.10. The summed E-state index contributed by atoms with van der Waals surface area (Å²) in [4.78, 5) is 0.165. The highest BCUT2D eigenvalue weighted by Gasteiger charge is 2.21. The van der Waals surface area contributed by atoms with Crippen LogP contribution in [0.15, 0.2) is 114 Å². The molecule has 6 aromatic carbocycles. The summed E-state index contributed by atoms with van der Waals surface area (Å²) in [5, 5.41) is 7.39. The van der Waals surface area contributed by atoms with Gasteiger partial charge in [-0.3, -0.25) is 0 Å². The minimum absolute atomic E-state index is 0.165. The van der Waals surface area contributed by atoms with Crippen molar-refractivity contribution >= 4 is 53.2 Å². The summed E-state index contributed by atoms with van der Waals surface area (Å²) >= 11 is 0. The van der Waals surface area contributed by atoms with Crippen LogP contribution < -0.4 is 4.18 Å². The lowest BCUT2D eigenvalue weighted by Gasteiger charge is -2.13. The van der Waals surface area contributed by atoms with Crippen LogP contribution in [0.3, 0.4) is 0 Å². The molecule has 4 heteroatoms. The van der Waals surface area contributed by atoms with Gasteiger partial charge in [-0.05, 0) is 68.7 Å². The van der Waals surface area contributed by atoms with Crippen LogP contribution >= 0.6 is 0 Å². The second-order valence-electron chi connectivity index (χ2n) is 7.89. The van der Waals surface area contributed by atoms with Crippen LogP contribution in [-0.2, 0) is 10.1 Å². The lowest BCUT2D eigenvalue weighted by molar-refractivity contribution is 0.489. The third-order valence-corrected chi connectivity index (χ3v) is 7.18. The van der Waals surface area contributed by atoms with Crippen LogP contribution in [0.2, 0.25) is 0 Å². The van der Waals surface area contributed by atoms with E-state index in [0.717, 1.165) is 37.7 Å². The number of rotatable bonds is 3. The van der Waals surface area contributed by atoms with Gasteiger partial charge in [0.2, 0.25) is 0 Å². The normalized spacial score (nSPS) is 12.0. The lowest BCUT2D eigenvalue weighted by atomic mass is 10.0. The molecule has 0 aromatic heterocycles. The van der Waals surface area contributed by atoms with E-state index in [1.54, 1.807) is 18.2 Å². The van der Waals surface area contributed by atoms with Crippen molar-refractivity contribution in [1.82, 2.24) is 0 Å². The van der Waals surface area contributed by atoms with Gasteiger partial charge in [0.05, 0.1) is 0 Å². The van der Waals surface area contributed by atoms with Crippen LogP contribution in [0.1, 0.15) is 0 Å². The summed E-state index contributed by atoms with van der Waals surface area (Å²) in [7, 11) is -4.05. The highest BCUT2D eigenvalue weighted by atomic mass is 32.2. The largest absolute Gasteiger partial charge is 0.378 e. The molecular formula is C28H18O3S. The molecule has 0 saturated heterocycles. The molecule has 0 radical (unpaired) electrons. The standard InChI is InChI=1S/C28H18O3S/c29-32(30,28-14-6-12-24-16-20-8-2-4-10-22(20)18-26(24)28)31-27-13-5-11-23-15-19-7-1-3-9-21(19)17-25(23)27/h1-18H. The molecule has 0 heterocycles. The Morgan fingerprint density at radius 1 is 0.469 bits per heavy atom. The summed E-state index contributed by atoms with van der Waals surface area (Å²) < 4.78 is 32.6. The Balaban J connectivity index is 1.52. The molecule has 0 bridgehead atoms. The number of hydrogen-bond acceptors (Lipinski definition) is 3. The molecule has 0 aliphatic heterocycles. The fourth-order valence-electron chi connectivity index (χ4n) is 4.33. The maximum absolute atomic E-state index is 13.4. The molecule has 32 heavy (non-hydrogen) atoms. The molecule has 154 valence electrons. The van der Waals surface area contributed by atoms with Crippen molar-refractivity contribution in [2.45, 2.75) is 4.90 Å². The van der Waals surface area contributed by atoms with Crippen LogP contribution in [0, 0.1) is 0 Å². The van der Waals surface area contributed by atoms with Crippen molar-refractivity contribution < 1.29 is 12.6 Å². The SMILES string of the molecule is O=S(=O)(Oc1cccc2cc3ccccc3cc12)c1cccc2cc3ccccc3cc12. The van der Waals surface area contributed by atoms with Crippen molar-refractivity contribution in [2.24, 2.45) is 0 Å². The predicted molar refractivity (Wildman–Crippen MR) is 131 cm³/mol. The van der Waals surface area contributed by atoms with Crippen molar-refractivity contribution in [2.75, 3.05) is 0 Å². The van der Waals surface area contributed by atoms with Crippen molar-refractivity contribution in [3.05, 3.63) is 109 Å². The average Bonchev–Trinajstić information content (AvgIpc) is 2.81. The molecule has 0 spiro atoms. The second kappa shape index (κ2) is 7.08. The van der Waals surface area contributed by atoms with Crippen molar-refractivity contribution in [3.8, 4) is 5.75 Å². The van der Waals surface area contributed by atoms with E-state index in [2.05, 4.69) is 0 Å². The fraction of sp³-hybridized carbons (Fsp3) is 0. The molecule has 6 rings (SSSR count). The van der Waals surface area contributed by atoms with Gasteiger partial charge >= 0.3 is 10.1 Å². The predicted octanol–water partition coefficient (Wildman–Crippen LogP) is 7.07. The van der Waals surface area contributed by atoms with Gasteiger partial charge in [0.1, 0.15) is 4.90 Å². The van der Waals surface area contributed by atoms with E-state index >= 15 is 0 Å². The Kier molecular flexibility index (Phi) is 4.17. The summed E-state index contributed by atoms with van der Waals surface area (Å²) in [6.07, 6.45) is 0. The molecule has 0 unspecified atom stereocenters. The van der Waals surface area contributed by atoms with Crippen LogP contribution in [0.4, 0.5) is 0 Å². The van der Waals surface area contributed by atoms with Gasteiger partial charge in [0.25, 0.3) is 0 Å². The average molecular weight is 435 g/mol. The minimum Gasteiger partial charge on any atom is -0.378 e. The Bertz CT molecular complexity index is 1770. The van der Waals surface area contributed by atoms with Crippen LogP contribution in [0.5, 0.6) is 5.75 Å². The first kappa shape index (κ1) is 18.8. The van der Waals surface area contributed by atoms with Gasteiger partial charge in [-0.2, -0.15) is 8.42 Å². The first-order valence-electron chi connectivity index (χ1n) is 10.4. The van der Waals surface area contributed by atoms with Crippen molar-refractivity contribution in [1.29, 1.82) is 0 Å². The Hall–Kier alpha value is -3.89. The highest BCUT2D eigenvalue weighted by molar-refractivity contribution is 7.87. The molecule has 0 aliphatic rings. The van der Waals surface area contributed by atoms with Gasteiger partial charge < -0.3 is 4.18 Å². The molecule has 0 saturated carbocycles. The topological polar surface area (TPSA) is 43.4 Å². The Labute approximate surface area is 185 Å². The number of benzene rings is 6. The van der Waals surface area contributed by atoms with Crippen molar-refractivity contribution in [3.63, 3.8) is 0 Å². The molecule has 0 fully saturated rings. The molecule has 6 aromatic rings. The molecule has 0 N–H and O–H groups in total. The quantitative estimate of drug-likeness (QED) is 0.221. The molecule has 3 nitrogen and oxygen atoms in total. The smallest absolute Gasteiger partial charge is 0.339 e. The van der Waals surface area contributed by atoms with E-state index in [0.29, 0.717) is 11.1 Å². The first-order valence-corrected chi connectivity index (χ1v) is 11.8. The summed E-state index contributed by atoms with van der Waals surface area (Å²) in [5.74, 6) is 0.325. The fourth-order valence-corrected chi connectivity index (χ4v) is 5.49. The zero-order valence-electron chi connectivity index (χ0n) is 17.0. The van der Waals surface area contributed by atoms with E-state index in [1.165, 1.54) is 0 Å². The zero-order valence-corrected chi connectivity index (χ0v) is 17.8. The molecule has 0 aliphatic carbocycles. The van der Waals surface area contributed by atoms with E-state index in [1.807, 2.05) is 91.0 Å². The monoisotopic (exact) mass is 434 g/mol. The maximum Gasteiger partial charge on any atom is 0.339 e. The van der Waals surface area contributed by atoms with Gasteiger partial charge in [0.15, 0.2) is 5.75 Å². The first-order chi connectivity index (χ1) is 15.6.